The van der Waals surface area contributed by atoms with E-state index in [1.807, 2.05) is 0 Å². The highest BCUT2D eigenvalue weighted by atomic mass is 35.5. The Labute approximate surface area is 455 Å². The average molecular weight is 1120 g/mol. The Hall–Kier alpha value is -6.84. The lowest BCUT2D eigenvalue weighted by molar-refractivity contribution is -0.136. The third-order valence-electron chi connectivity index (χ3n) is 11.6. The fourth-order valence-corrected chi connectivity index (χ4v) is 8.00. The summed E-state index contributed by atoms with van der Waals surface area (Å²) in [6, 6.07) is 6.13. The summed E-state index contributed by atoms with van der Waals surface area (Å²) in [4.78, 5) is 121. The summed E-state index contributed by atoms with van der Waals surface area (Å²) >= 11 is 14.4. The third kappa shape index (κ3) is 22.2. The molecule has 0 spiro atoms. The number of thiol groups is 2. The smallest absolute Gasteiger partial charge is 0.312 e. The minimum absolute atomic E-state index is 0.0279. The normalized spacial score (nSPS) is 14.6. The molecule has 0 aliphatic carbocycles. The molecular weight excluding hydrogens is 1050 g/mol. The van der Waals surface area contributed by atoms with E-state index in [2.05, 4.69) is 67.8 Å². The highest BCUT2D eigenvalue weighted by molar-refractivity contribution is 7.80. The number of phenolic OH excluding ortho intramolecular Hbond substituents is 2. The number of aliphatic hydroxyl groups is 1. The summed E-state index contributed by atoms with van der Waals surface area (Å²) in [5.41, 5.74) is 24.4. The molecule has 0 unspecified atom stereocenters. The Kier molecular flexibility index (Phi) is 27.2. The van der Waals surface area contributed by atoms with E-state index < -0.39 is 108 Å². The molecule has 0 fully saturated rings. The van der Waals surface area contributed by atoms with E-state index in [9.17, 15) is 58.5 Å². The highest BCUT2D eigenvalue weighted by Crippen LogP contribution is 2.15. The molecule has 27 heteroatoms. The molecule has 0 saturated carbocycles. The van der Waals surface area contributed by atoms with Crippen LogP contribution >= 0.6 is 36.9 Å². The van der Waals surface area contributed by atoms with Gasteiger partial charge in [-0.05, 0) is 105 Å². The first-order chi connectivity index (χ1) is 36.0. The summed E-state index contributed by atoms with van der Waals surface area (Å²) in [6.45, 7) is 1.34. The van der Waals surface area contributed by atoms with E-state index >= 15 is 0 Å². The zero-order valence-electron chi connectivity index (χ0n) is 41.7. The van der Waals surface area contributed by atoms with Crippen molar-refractivity contribution < 1.29 is 58.5 Å². The monoisotopic (exact) mass is 1120 g/mol. The van der Waals surface area contributed by atoms with Crippen LogP contribution in [-0.4, -0.2) is 148 Å². The van der Waals surface area contributed by atoms with E-state index in [0.29, 0.717) is 28.1 Å². The van der Waals surface area contributed by atoms with Gasteiger partial charge in [0.15, 0.2) is 0 Å². The lowest BCUT2D eigenvalue weighted by Crippen LogP contribution is -2.62. The van der Waals surface area contributed by atoms with Gasteiger partial charge in [0.1, 0.15) is 53.8 Å². The van der Waals surface area contributed by atoms with Gasteiger partial charge in [0.05, 0.1) is 12.1 Å². The predicted octanol–water partition coefficient (Wildman–Crippen LogP) is -2.20. The third-order valence-corrected chi connectivity index (χ3v) is 12.6. The predicted molar refractivity (Wildman–Crippen MR) is 289 cm³/mol. The zero-order chi connectivity index (χ0) is 56.5. The lowest BCUT2D eigenvalue weighted by Gasteiger charge is -2.28. The molecular formula is C49H69ClN12O12S2. The number of amides is 10. The number of hydrogen-bond acceptors (Lipinski definition) is 16. The van der Waals surface area contributed by atoms with Gasteiger partial charge in [0.2, 0.25) is 47.3 Å². The zero-order valence-corrected chi connectivity index (χ0v) is 44.3. The van der Waals surface area contributed by atoms with Gasteiger partial charge in [-0.2, -0.15) is 25.3 Å². The van der Waals surface area contributed by atoms with Gasteiger partial charge in [-0.1, -0.05) is 48.0 Å². The van der Waals surface area contributed by atoms with Crippen molar-refractivity contribution in [3.05, 3.63) is 94.5 Å². The maximum Gasteiger partial charge on any atom is 0.312 e. The van der Waals surface area contributed by atoms with Crippen LogP contribution in [0.15, 0.2) is 72.8 Å². The fourth-order valence-electron chi connectivity index (χ4n) is 7.36. The van der Waals surface area contributed by atoms with Crippen LogP contribution in [0.25, 0.3) is 0 Å². The van der Waals surface area contributed by atoms with Gasteiger partial charge in [-0.3, -0.25) is 38.4 Å². The second kappa shape index (κ2) is 32.6. The van der Waals surface area contributed by atoms with Crippen molar-refractivity contribution in [2.24, 2.45) is 22.9 Å². The van der Waals surface area contributed by atoms with Crippen LogP contribution < -0.4 is 65.5 Å². The molecule has 0 radical (unpaired) electrons. The molecule has 76 heavy (non-hydrogen) atoms. The van der Waals surface area contributed by atoms with E-state index in [1.54, 1.807) is 24.3 Å². The fraction of sp³-hybridized carbons (Fsp3) is 0.449. The summed E-state index contributed by atoms with van der Waals surface area (Å²) in [5, 5.41) is 50.8. The first kappa shape index (κ1) is 63.5. The lowest BCUT2D eigenvalue weighted by atomic mass is 10.0. The van der Waals surface area contributed by atoms with Gasteiger partial charge in [-0.25, -0.2) is 4.79 Å². The molecule has 3 aromatic rings. The number of primary amides is 2. The first-order valence-electron chi connectivity index (χ1n) is 24.2. The molecule has 24 nitrogen and oxygen atoms in total. The maximum atomic E-state index is 14.3. The molecule has 0 aliphatic rings. The van der Waals surface area contributed by atoms with Crippen LogP contribution in [0.1, 0.15) is 55.7 Å². The molecule has 9 atom stereocenters. The van der Waals surface area contributed by atoms with Crippen molar-refractivity contribution in [3.8, 4) is 11.5 Å². The summed E-state index contributed by atoms with van der Waals surface area (Å²) in [6.07, 6.45) is -1.29. The van der Waals surface area contributed by atoms with Gasteiger partial charge in [0, 0.05) is 35.9 Å². The number of aromatic hydroxyl groups is 2. The number of phenols is 2. The van der Waals surface area contributed by atoms with Crippen molar-refractivity contribution in [2.75, 3.05) is 24.6 Å². The second-order valence-electron chi connectivity index (χ2n) is 17.8. The molecule has 0 heterocycles. The number of benzene rings is 3. The van der Waals surface area contributed by atoms with E-state index in [0.717, 1.165) is 0 Å². The van der Waals surface area contributed by atoms with Crippen LogP contribution in [0.4, 0.5) is 4.79 Å². The molecule has 10 amide bonds. The Morgan fingerprint density at radius 2 is 0.921 bits per heavy atom. The molecule has 0 saturated heterocycles. The van der Waals surface area contributed by atoms with E-state index in [-0.39, 0.29) is 81.0 Å². The molecule has 3 rings (SSSR count). The van der Waals surface area contributed by atoms with E-state index in [4.69, 9.17) is 34.5 Å². The molecule has 416 valence electrons. The van der Waals surface area contributed by atoms with Gasteiger partial charge in [-0.15, -0.1) is 0 Å². The number of nitrogens with two attached hydrogens (primary N) is 4. The van der Waals surface area contributed by atoms with Crippen molar-refractivity contribution in [2.45, 2.75) is 113 Å². The van der Waals surface area contributed by atoms with Gasteiger partial charge in [0.25, 0.3) is 0 Å². The minimum atomic E-state index is -1.73. The van der Waals surface area contributed by atoms with Crippen LogP contribution in [0.2, 0.25) is 5.02 Å². The molecule has 3 aromatic carbocycles. The second-order valence-corrected chi connectivity index (χ2v) is 18.9. The number of hydrogen-bond donors (Lipinski definition) is 17. The Morgan fingerprint density at radius 3 is 1.39 bits per heavy atom. The summed E-state index contributed by atoms with van der Waals surface area (Å²) in [5.74, 6) is -7.82. The van der Waals surface area contributed by atoms with Crippen LogP contribution in [0, 0.1) is 0 Å². The van der Waals surface area contributed by atoms with Crippen molar-refractivity contribution >= 4 is 90.1 Å². The number of rotatable bonds is 32. The van der Waals surface area contributed by atoms with Crippen molar-refractivity contribution in [1.29, 1.82) is 0 Å². The SMILES string of the molecule is C[C@@H](O)[C@H](NC(=O)[C@H](CCCCN)NC(=O)[C@@H](CCCNC(N)=O)NC(=O)[C@H](Cc1ccc(O)cc1)NC(=O)[C@@H](CS)NC(=O)[C@@H](N)Cc1ccc(Cl)cc1)C(=O)N[C@@H](CS)C(=O)N[C@H](Cc1ccc(O)cc1)C(N)=O. The van der Waals surface area contributed by atoms with Crippen LogP contribution in [0.5, 0.6) is 11.5 Å². The van der Waals surface area contributed by atoms with Gasteiger partial charge < -0.3 is 80.8 Å². The molecule has 0 aliphatic heterocycles. The van der Waals surface area contributed by atoms with Gasteiger partial charge >= 0.3 is 6.03 Å². The average Bonchev–Trinajstić information content (AvgIpc) is 3.37. The number of urea groups is 1. The first-order valence-corrected chi connectivity index (χ1v) is 25.8. The topological polar surface area (TPSA) is 415 Å². The standard InChI is InChI=1S/C49H69ClN12O12S2/c1-26(63)40(48(73)61-39(25-76)46(71)58-36(41(53)66)22-28-9-15-31(64)16-10-28)62-44(69)34(5-2-3-19-51)56-43(68)35(6-4-20-55-49(54)74)57-45(70)37(23-29-11-17-32(65)18-12-29)59-47(72)38(24-75)60-42(67)33(52)21-27-7-13-30(50)14-8-27/h7-18,26,33-40,63-65,75-76H,2-6,19-25,51-52H2,1H3,(H2,53,66)(H,56,68)(H,57,70)(H,58,71)(H,59,72)(H,60,67)(H,61,73)(H,62,69)(H3,54,55,74)/t26-,33+,34+,35-,36-,37+,38-,39+,40+/m1/s1. The largest absolute Gasteiger partial charge is 0.508 e. The number of aliphatic hydroxyl groups excluding tert-OH is 1. The Balaban J connectivity index is 1.86. The van der Waals surface area contributed by atoms with Crippen LogP contribution in [-0.2, 0) is 57.6 Å². The number of carbonyl (C=O) groups is 9. The van der Waals surface area contributed by atoms with Crippen molar-refractivity contribution in [3.63, 3.8) is 0 Å². The minimum Gasteiger partial charge on any atom is -0.508 e. The maximum absolute atomic E-state index is 14.3. The summed E-state index contributed by atoms with van der Waals surface area (Å²) in [7, 11) is 0. The van der Waals surface area contributed by atoms with E-state index in [1.165, 1.54) is 55.5 Å². The van der Waals surface area contributed by atoms with Crippen LogP contribution in [0.3, 0.4) is 0 Å². The molecule has 19 N–H and O–H groups in total. The number of carbonyl (C=O) groups excluding carboxylic acids is 9. The van der Waals surface area contributed by atoms with Crippen molar-refractivity contribution in [1.82, 2.24) is 42.5 Å². The Morgan fingerprint density at radius 1 is 0.526 bits per heavy atom. The number of nitrogens with one attached hydrogen (secondary N) is 8. The Bertz CT molecular complexity index is 2430. The quantitative estimate of drug-likeness (QED) is 0.0233. The highest BCUT2D eigenvalue weighted by Gasteiger charge is 2.35. The summed E-state index contributed by atoms with van der Waals surface area (Å²) < 4.78 is 0. The number of unbranched alkanes of at least 4 members (excludes halogenated alkanes) is 1. The molecule has 0 aromatic heterocycles. The molecule has 0 bridgehead atoms. The number of halogens is 1.